The largest absolute Gasteiger partial charge is 0.493 e. The van der Waals surface area contributed by atoms with Crippen LogP contribution in [0.1, 0.15) is 10.5 Å². The fourth-order valence-electron chi connectivity index (χ4n) is 2.71. The Labute approximate surface area is 175 Å². The number of hydrogen-bond donors (Lipinski definition) is 1. The van der Waals surface area contributed by atoms with Gasteiger partial charge in [-0.3, -0.25) is 10.1 Å². The van der Waals surface area contributed by atoms with E-state index >= 15 is 0 Å². The summed E-state index contributed by atoms with van der Waals surface area (Å²) >= 11 is 2.79. The first-order valence-electron chi connectivity index (χ1n) is 8.68. The monoisotopic (exact) mass is 423 g/mol. The molecule has 4 rings (SSSR count). The highest BCUT2D eigenvalue weighted by atomic mass is 32.1. The van der Waals surface area contributed by atoms with Gasteiger partial charge in [-0.1, -0.05) is 30.3 Å². The number of methoxy groups -OCH3 is 2. The Hall–Kier alpha value is -3.23. The van der Waals surface area contributed by atoms with E-state index in [0.717, 1.165) is 21.8 Å². The van der Waals surface area contributed by atoms with Crippen LogP contribution in [-0.4, -0.2) is 30.1 Å². The maximum Gasteiger partial charge on any atom is 0.276 e. The van der Waals surface area contributed by atoms with Crippen molar-refractivity contribution in [2.75, 3.05) is 19.5 Å². The number of nitrogens with one attached hydrogen (secondary N) is 1. The summed E-state index contributed by atoms with van der Waals surface area (Å²) in [5, 5.41) is 7.77. The first kappa shape index (κ1) is 19.1. The van der Waals surface area contributed by atoms with Gasteiger partial charge in [0.05, 0.1) is 19.9 Å². The Kier molecular flexibility index (Phi) is 5.55. The molecule has 2 aromatic heterocycles. The average molecular weight is 424 g/mol. The van der Waals surface area contributed by atoms with Crippen LogP contribution in [0.4, 0.5) is 5.13 Å². The standard InChI is InChI=1S/C21H17N3O3S2/c1-26-17-9-8-14(10-18(17)27-2)15-11-29-21(23-15)24-19(25)16-12-28-20(22-16)13-6-4-3-5-7-13/h3-12H,1-2H3,(H,23,24,25). The fourth-order valence-corrected chi connectivity index (χ4v) is 4.23. The zero-order valence-electron chi connectivity index (χ0n) is 15.7. The van der Waals surface area contributed by atoms with Crippen LogP contribution in [0.2, 0.25) is 0 Å². The molecule has 0 aliphatic carbocycles. The average Bonchev–Trinajstić information content (AvgIpc) is 3.44. The summed E-state index contributed by atoms with van der Waals surface area (Å²) in [4.78, 5) is 21.5. The zero-order valence-corrected chi connectivity index (χ0v) is 17.3. The summed E-state index contributed by atoms with van der Waals surface area (Å²) in [6.07, 6.45) is 0. The first-order valence-corrected chi connectivity index (χ1v) is 10.4. The lowest BCUT2D eigenvalue weighted by Gasteiger charge is -2.08. The third-order valence-corrected chi connectivity index (χ3v) is 5.81. The van der Waals surface area contributed by atoms with Crippen LogP contribution in [0.3, 0.4) is 0 Å². The zero-order chi connectivity index (χ0) is 20.2. The second-order valence-corrected chi connectivity index (χ2v) is 7.68. The number of aromatic nitrogens is 2. The molecule has 0 fully saturated rings. The van der Waals surface area contributed by atoms with Crippen LogP contribution in [-0.2, 0) is 0 Å². The minimum absolute atomic E-state index is 0.281. The third kappa shape index (κ3) is 4.13. The van der Waals surface area contributed by atoms with Crippen molar-refractivity contribution >= 4 is 33.7 Å². The van der Waals surface area contributed by atoms with Crippen molar-refractivity contribution in [3.8, 4) is 33.3 Å². The number of nitrogens with zero attached hydrogens (tertiary/aromatic N) is 2. The van der Waals surface area contributed by atoms with Gasteiger partial charge in [0.25, 0.3) is 5.91 Å². The van der Waals surface area contributed by atoms with Crippen molar-refractivity contribution in [1.82, 2.24) is 9.97 Å². The minimum atomic E-state index is -0.281. The van der Waals surface area contributed by atoms with Crippen LogP contribution in [0.15, 0.2) is 59.3 Å². The number of hydrogen-bond acceptors (Lipinski definition) is 7. The second-order valence-electron chi connectivity index (χ2n) is 5.97. The Bertz CT molecular complexity index is 1140. The highest BCUT2D eigenvalue weighted by Gasteiger charge is 2.15. The van der Waals surface area contributed by atoms with Crippen molar-refractivity contribution in [1.29, 1.82) is 0 Å². The molecule has 0 unspecified atom stereocenters. The summed E-state index contributed by atoms with van der Waals surface area (Å²) in [5.41, 5.74) is 2.98. The van der Waals surface area contributed by atoms with Crippen molar-refractivity contribution < 1.29 is 14.3 Å². The van der Waals surface area contributed by atoms with Crippen molar-refractivity contribution in [2.24, 2.45) is 0 Å². The highest BCUT2D eigenvalue weighted by Crippen LogP contribution is 2.33. The second kappa shape index (κ2) is 8.42. The molecule has 1 amide bonds. The third-order valence-electron chi connectivity index (χ3n) is 4.16. The lowest BCUT2D eigenvalue weighted by Crippen LogP contribution is -2.12. The number of thiazole rings is 2. The minimum Gasteiger partial charge on any atom is -0.493 e. The number of carbonyl (C=O) groups is 1. The maximum absolute atomic E-state index is 12.6. The summed E-state index contributed by atoms with van der Waals surface area (Å²) in [5.74, 6) is 0.994. The smallest absolute Gasteiger partial charge is 0.276 e. The molecule has 0 bridgehead atoms. The number of amides is 1. The van der Waals surface area contributed by atoms with E-state index in [-0.39, 0.29) is 5.91 Å². The number of carbonyl (C=O) groups excluding carboxylic acids is 1. The fraction of sp³-hybridized carbons (Fsp3) is 0.0952. The van der Waals surface area contributed by atoms with Gasteiger partial charge >= 0.3 is 0 Å². The quantitative estimate of drug-likeness (QED) is 0.461. The van der Waals surface area contributed by atoms with Gasteiger partial charge in [-0.2, -0.15) is 0 Å². The summed E-state index contributed by atoms with van der Waals surface area (Å²) < 4.78 is 10.6. The summed E-state index contributed by atoms with van der Waals surface area (Å²) in [7, 11) is 3.18. The molecular formula is C21H17N3O3S2. The molecule has 29 heavy (non-hydrogen) atoms. The number of rotatable bonds is 6. The van der Waals surface area contributed by atoms with Gasteiger partial charge < -0.3 is 9.47 Å². The lowest BCUT2D eigenvalue weighted by molar-refractivity contribution is 0.102. The molecular weight excluding hydrogens is 406 g/mol. The SMILES string of the molecule is COc1ccc(-c2csc(NC(=O)c3csc(-c4ccccc4)n3)n2)cc1OC. The van der Waals surface area contributed by atoms with Gasteiger partial charge in [-0.25, -0.2) is 9.97 Å². The molecule has 146 valence electrons. The van der Waals surface area contributed by atoms with Crippen molar-refractivity contribution in [3.05, 3.63) is 65.0 Å². The van der Waals surface area contributed by atoms with Crippen LogP contribution >= 0.6 is 22.7 Å². The van der Waals surface area contributed by atoms with Gasteiger partial charge in [0, 0.05) is 21.9 Å². The summed E-state index contributed by atoms with van der Waals surface area (Å²) in [6, 6.07) is 15.4. The lowest BCUT2D eigenvalue weighted by atomic mass is 10.1. The van der Waals surface area contributed by atoms with Gasteiger partial charge in [-0.05, 0) is 18.2 Å². The van der Waals surface area contributed by atoms with Crippen LogP contribution in [0.5, 0.6) is 11.5 Å². The van der Waals surface area contributed by atoms with E-state index in [0.29, 0.717) is 22.3 Å². The predicted molar refractivity (Wildman–Crippen MR) is 116 cm³/mol. The molecule has 4 aromatic rings. The van der Waals surface area contributed by atoms with Crippen molar-refractivity contribution in [2.45, 2.75) is 0 Å². The number of benzene rings is 2. The van der Waals surface area contributed by atoms with Gasteiger partial charge in [-0.15, -0.1) is 22.7 Å². The predicted octanol–water partition coefficient (Wildman–Crippen LogP) is 5.20. The van der Waals surface area contributed by atoms with E-state index in [4.69, 9.17) is 9.47 Å². The Balaban J connectivity index is 1.49. The van der Waals surface area contributed by atoms with Crippen molar-refractivity contribution in [3.63, 3.8) is 0 Å². The van der Waals surface area contributed by atoms with Gasteiger partial charge in [0.2, 0.25) is 0 Å². The van der Waals surface area contributed by atoms with E-state index in [1.165, 1.54) is 22.7 Å². The molecule has 8 heteroatoms. The van der Waals surface area contributed by atoms with Crippen LogP contribution in [0, 0.1) is 0 Å². The molecule has 2 aromatic carbocycles. The molecule has 0 radical (unpaired) electrons. The summed E-state index contributed by atoms with van der Waals surface area (Å²) in [6.45, 7) is 0. The molecule has 0 atom stereocenters. The van der Waals surface area contributed by atoms with E-state index in [1.807, 2.05) is 53.9 Å². The van der Waals surface area contributed by atoms with Crippen LogP contribution in [0.25, 0.3) is 21.8 Å². The molecule has 0 saturated heterocycles. The molecule has 0 spiro atoms. The Morgan fingerprint density at radius 3 is 2.45 bits per heavy atom. The number of anilines is 1. The van der Waals surface area contributed by atoms with Gasteiger partial charge in [0.15, 0.2) is 16.6 Å². The molecule has 1 N–H and O–H groups in total. The molecule has 0 aliphatic rings. The Morgan fingerprint density at radius 1 is 0.897 bits per heavy atom. The highest BCUT2D eigenvalue weighted by molar-refractivity contribution is 7.14. The van der Waals surface area contributed by atoms with Crippen LogP contribution < -0.4 is 14.8 Å². The van der Waals surface area contributed by atoms with Gasteiger partial charge in [0.1, 0.15) is 10.7 Å². The molecule has 2 heterocycles. The molecule has 6 nitrogen and oxygen atoms in total. The maximum atomic E-state index is 12.6. The molecule has 0 aliphatic heterocycles. The number of ether oxygens (including phenoxy) is 2. The van der Waals surface area contributed by atoms with E-state index in [2.05, 4.69) is 15.3 Å². The normalized spacial score (nSPS) is 10.6. The van der Waals surface area contributed by atoms with E-state index in [9.17, 15) is 4.79 Å². The van der Waals surface area contributed by atoms with E-state index in [1.54, 1.807) is 19.6 Å². The Morgan fingerprint density at radius 2 is 1.69 bits per heavy atom. The van der Waals surface area contributed by atoms with E-state index < -0.39 is 0 Å². The molecule has 0 saturated carbocycles. The topological polar surface area (TPSA) is 73.3 Å². The first-order chi connectivity index (χ1) is 14.2.